The van der Waals surface area contributed by atoms with Crippen LogP contribution in [-0.4, -0.2) is 31.3 Å². The van der Waals surface area contributed by atoms with Gasteiger partial charge in [-0.2, -0.15) is 13.2 Å². The highest BCUT2D eigenvalue weighted by atomic mass is 19.4. The first-order valence-electron chi connectivity index (χ1n) is 6.21. The highest BCUT2D eigenvalue weighted by molar-refractivity contribution is 5.17. The fourth-order valence-electron chi connectivity index (χ4n) is 1.71. The summed E-state index contributed by atoms with van der Waals surface area (Å²) in [5.74, 6) is 0. The lowest BCUT2D eigenvalue weighted by molar-refractivity contribution is -0.137. The van der Waals surface area contributed by atoms with Gasteiger partial charge in [-0.15, -0.1) is 0 Å². The summed E-state index contributed by atoms with van der Waals surface area (Å²) in [4.78, 5) is 3.86. The van der Waals surface area contributed by atoms with E-state index in [2.05, 4.69) is 10.3 Å². The second-order valence-corrected chi connectivity index (χ2v) is 4.35. The summed E-state index contributed by atoms with van der Waals surface area (Å²) in [6.45, 7) is 3.39. The topological polar surface area (TPSA) is 34.1 Å². The number of hydrogen-bond donors (Lipinski definition) is 1. The van der Waals surface area contributed by atoms with Crippen LogP contribution in [0.2, 0.25) is 0 Å². The first kappa shape index (κ1) is 15.9. The molecule has 1 N–H and O–H groups in total. The number of pyridine rings is 1. The maximum atomic E-state index is 12.4. The molecule has 0 saturated heterocycles. The van der Waals surface area contributed by atoms with Crippen molar-refractivity contribution in [1.29, 1.82) is 0 Å². The van der Waals surface area contributed by atoms with Crippen LogP contribution in [0.3, 0.4) is 0 Å². The van der Waals surface area contributed by atoms with Gasteiger partial charge >= 0.3 is 6.18 Å². The summed E-state index contributed by atoms with van der Waals surface area (Å²) in [6.07, 6.45) is -1.93. The van der Waals surface area contributed by atoms with E-state index in [1.807, 2.05) is 6.92 Å². The van der Waals surface area contributed by atoms with E-state index in [1.165, 1.54) is 6.07 Å². The minimum absolute atomic E-state index is 0.0641. The molecule has 1 atom stereocenters. The third-order valence-corrected chi connectivity index (χ3v) is 2.66. The van der Waals surface area contributed by atoms with Crippen LogP contribution in [0.1, 0.15) is 24.6 Å². The molecule has 1 aromatic heterocycles. The van der Waals surface area contributed by atoms with Gasteiger partial charge < -0.3 is 10.1 Å². The highest BCUT2D eigenvalue weighted by Crippen LogP contribution is 2.28. The molecule has 0 aromatic carbocycles. The summed E-state index contributed by atoms with van der Waals surface area (Å²) in [5, 5.41) is 3.28. The van der Waals surface area contributed by atoms with Crippen molar-refractivity contribution in [3.05, 3.63) is 29.6 Å². The summed E-state index contributed by atoms with van der Waals surface area (Å²) >= 11 is 0. The number of rotatable bonds is 7. The Balaban J connectivity index is 2.64. The van der Waals surface area contributed by atoms with Crippen LogP contribution in [0, 0.1) is 0 Å². The number of nitrogens with one attached hydrogen (secondary N) is 1. The SMILES string of the molecule is CCCNC(COC)Cc1ccc(C(F)(F)F)cn1. The predicted octanol–water partition coefficient (Wildman–Crippen LogP) is 2.66. The largest absolute Gasteiger partial charge is 0.417 e. The van der Waals surface area contributed by atoms with Crippen LogP contribution in [0.5, 0.6) is 0 Å². The third-order valence-electron chi connectivity index (χ3n) is 2.66. The minimum Gasteiger partial charge on any atom is -0.383 e. The number of hydrogen-bond acceptors (Lipinski definition) is 3. The molecule has 0 aliphatic rings. The van der Waals surface area contributed by atoms with Crippen molar-refractivity contribution in [2.45, 2.75) is 32.0 Å². The van der Waals surface area contributed by atoms with E-state index in [-0.39, 0.29) is 6.04 Å². The maximum absolute atomic E-state index is 12.4. The molecule has 0 amide bonds. The molecule has 0 radical (unpaired) electrons. The van der Waals surface area contributed by atoms with Gasteiger partial charge in [0.1, 0.15) is 0 Å². The van der Waals surface area contributed by atoms with Crippen molar-refractivity contribution in [2.75, 3.05) is 20.3 Å². The third kappa shape index (κ3) is 5.57. The summed E-state index contributed by atoms with van der Waals surface area (Å²) in [6, 6.07) is 2.54. The lowest BCUT2D eigenvalue weighted by atomic mass is 10.1. The number of ether oxygens (including phenoxy) is 1. The number of alkyl halides is 3. The van der Waals surface area contributed by atoms with Gasteiger partial charge in [-0.3, -0.25) is 4.98 Å². The molecule has 1 aromatic rings. The molecule has 0 aliphatic carbocycles. The molecule has 6 heteroatoms. The Hall–Kier alpha value is -1.14. The van der Waals surface area contributed by atoms with E-state index >= 15 is 0 Å². The number of aromatic nitrogens is 1. The van der Waals surface area contributed by atoms with E-state index in [1.54, 1.807) is 7.11 Å². The van der Waals surface area contributed by atoms with Gasteiger partial charge in [-0.1, -0.05) is 6.92 Å². The van der Waals surface area contributed by atoms with E-state index < -0.39 is 11.7 Å². The Bertz CT molecular complexity index is 365. The molecule has 19 heavy (non-hydrogen) atoms. The molecule has 3 nitrogen and oxygen atoms in total. The monoisotopic (exact) mass is 276 g/mol. The molecule has 108 valence electrons. The molecule has 0 fully saturated rings. The van der Waals surface area contributed by atoms with Gasteiger partial charge in [0.05, 0.1) is 12.2 Å². The first-order valence-corrected chi connectivity index (χ1v) is 6.21. The molecule has 1 rings (SSSR count). The number of methoxy groups -OCH3 is 1. The zero-order valence-electron chi connectivity index (χ0n) is 11.1. The Kier molecular flexibility index (Phi) is 6.24. The minimum atomic E-state index is -4.34. The van der Waals surface area contributed by atoms with Gasteiger partial charge in [0.25, 0.3) is 0 Å². The Morgan fingerprint density at radius 1 is 1.37 bits per heavy atom. The normalized spacial score (nSPS) is 13.5. The van der Waals surface area contributed by atoms with Crippen molar-refractivity contribution in [2.24, 2.45) is 0 Å². The molecule has 1 heterocycles. The van der Waals surface area contributed by atoms with Crippen molar-refractivity contribution >= 4 is 0 Å². The average molecular weight is 276 g/mol. The molecule has 0 aliphatic heterocycles. The predicted molar refractivity (Wildman–Crippen MR) is 66.9 cm³/mol. The average Bonchev–Trinajstić information content (AvgIpc) is 2.36. The summed E-state index contributed by atoms with van der Waals surface area (Å²) < 4.78 is 42.3. The van der Waals surface area contributed by atoms with Crippen molar-refractivity contribution in [1.82, 2.24) is 10.3 Å². The standard InChI is InChI=1S/C13H19F3N2O/c1-3-6-17-12(9-19-2)7-11-5-4-10(8-18-11)13(14,15)16/h4-5,8,12,17H,3,6-7,9H2,1-2H3. The Morgan fingerprint density at radius 3 is 2.58 bits per heavy atom. The second-order valence-electron chi connectivity index (χ2n) is 4.35. The van der Waals surface area contributed by atoms with Crippen LogP contribution in [0.15, 0.2) is 18.3 Å². The maximum Gasteiger partial charge on any atom is 0.417 e. The molecule has 0 bridgehead atoms. The zero-order valence-corrected chi connectivity index (χ0v) is 11.1. The van der Waals surface area contributed by atoms with E-state index in [9.17, 15) is 13.2 Å². The van der Waals surface area contributed by atoms with E-state index in [0.717, 1.165) is 25.2 Å². The molecule has 0 spiro atoms. The van der Waals surface area contributed by atoms with Gasteiger partial charge in [-0.05, 0) is 25.1 Å². The van der Waals surface area contributed by atoms with Crippen LogP contribution >= 0.6 is 0 Å². The number of halogens is 3. The van der Waals surface area contributed by atoms with Crippen LogP contribution in [-0.2, 0) is 17.3 Å². The smallest absolute Gasteiger partial charge is 0.383 e. The lowest BCUT2D eigenvalue weighted by Crippen LogP contribution is -2.35. The van der Waals surface area contributed by atoms with E-state index in [0.29, 0.717) is 18.7 Å². The van der Waals surface area contributed by atoms with E-state index in [4.69, 9.17) is 4.74 Å². The van der Waals surface area contributed by atoms with Gasteiger partial charge in [0, 0.05) is 31.5 Å². The second kappa shape index (κ2) is 7.45. The molecular formula is C13H19F3N2O. The van der Waals surface area contributed by atoms with Gasteiger partial charge in [-0.25, -0.2) is 0 Å². The van der Waals surface area contributed by atoms with Crippen LogP contribution < -0.4 is 5.32 Å². The summed E-state index contributed by atoms with van der Waals surface area (Å²) in [5.41, 5.74) is -0.0975. The summed E-state index contributed by atoms with van der Waals surface area (Å²) in [7, 11) is 1.60. The van der Waals surface area contributed by atoms with Crippen molar-refractivity contribution in [3.63, 3.8) is 0 Å². The fourth-order valence-corrected chi connectivity index (χ4v) is 1.71. The number of nitrogens with zero attached hydrogens (tertiary/aromatic N) is 1. The van der Waals surface area contributed by atoms with Gasteiger partial charge in [0.15, 0.2) is 0 Å². The lowest BCUT2D eigenvalue weighted by Gasteiger charge is -2.17. The molecular weight excluding hydrogens is 257 g/mol. The highest BCUT2D eigenvalue weighted by Gasteiger charge is 2.30. The van der Waals surface area contributed by atoms with Crippen molar-refractivity contribution in [3.8, 4) is 0 Å². The Morgan fingerprint density at radius 2 is 2.11 bits per heavy atom. The van der Waals surface area contributed by atoms with Crippen molar-refractivity contribution < 1.29 is 17.9 Å². The van der Waals surface area contributed by atoms with Crippen LogP contribution in [0.25, 0.3) is 0 Å². The quantitative estimate of drug-likeness (QED) is 0.831. The molecule has 0 saturated carbocycles. The fraction of sp³-hybridized carbons (Fsp3) is 0.615. The van der Waals surface area contributed by atoms with Crippen LogP contribution in [0.4, 0.5) is 13.2 Å². The zero-order chi connectivity index (χ0) is 14.3. The Labute approximate surface area is 111 Å². The van der Waals surface area contributed by atoms with Gasteiger partial charge in [0.2, 0.25) is 0 Å². The molecule has 1 unspecified atom stereocenters. The first-order chi connectivity index (χ1) is 8.97.